The molecule has 1 heterocycles. The monoisotopic (exact) mass is 389 g/mol. The second-order valence-corrected chi connectivity index (χ2v) is 7.90. The van der Waals surface area contributed by atoms with E-state index in [-0.39, 0.29) is 16.9 Å². The molecule has 0 spiro atoms. The summed E-state index contributed by atoms with van der Waals surface area (Å²) >= 11 is 2.60. The summed E-state index contributed by atoms with van der Waals surface area (Å²) in [6, 6.07) is 13.3. The van der Waals surface area contributed by atoms with Crippen LogP contribution in [0.1, 0.15) is 17.3 Å². The summed E-state index contributed by atoms with van der Waals surface area (Å²) in [5.41, 5.74) is 0.947. The fourth-order valence-electron chi connectivity index (χ4n) is 2.18. The molecular weight excluding hydrogens is 373 g/mol. The molecule has 2 aromatic carbocycles. The Labute approximate surface area is 158 Å². The summed E-state index contributed by atoms with van der Waals surface area (Å²) in [5, 5.41) is 11.1. The summed E-state index contributed by atoms with van der Waals surface area (Å²) in [4.78, 5) is 12.5. The first kappa shape index (κ1) is 18.3. The van der Waals surface area contributed by atoms with Crippen LogP contribution in [0.3, 0.4) is 0 Å². The molecule has 0 saturated carbocycles. The van der Waals surface area contributed by atoms with Crippen molar-refractivity contribution in [2.24, 2.45) is 0 Å². The van der Waals surface area contributed by atoms with Crippen molar-refractivity contribution in [1.29, 1.82) is 0 Å². The van der Waals surface area contributed by atoms with Gasteiger partial charge in [-0.1, -0.05) is 35.2 Å². The molecule has 0 unspecified atom stereocenters. The molecule has 26 heavy (non-hydrogen) atoms. The van der Waals surface area contributed by atoms with E-state index < -0.39 is 0 Å². The molecule has 0 fully saturated rings. The summed E-state index contributed by atoms with van der Waals surface area (Å²) < 4.78 is 19.4. The Bertz CT molecular complexity index is 899. The van der Waals surface area contributed by atoms with Crippen molar-refractivity contribution in [3.05, 3.63) is 59.9 Å². The summed E-state index contributed by atoms with van der Waals surface area (Å²) in [5.74, 6) is 0.339. The van der Waals surface area contributed by atoms with Gasteiger partial charge in [0.2, 0.25) is 5.13 Å². The Morgan fingerprint density at radius 2 is 1.92 bits per heavy atom. The molecule has 0 aliphatic carbocycles. The smallest absolute Gasteiger partial charge is 0.210 e. The average molecular weight is 389 g/mol. The fourth-order valence-corrected chi connectivity index (χ4v) is 4.17. The third-order valence-electron chi connectivity index (χ3n) is 3.54. The minimum atomic E-state index is -0.361. The maximum Gasteiger partial charge on any atom is 0.210 e. The number of benzene rings is 2. The van der Waals surface area contributed by atoms with E-state index in [1.807, 2.05) is 6.92 Å². The van der Waals surface area contributed by atoms with Crippen LogP contribution in [0.4, 0.5) is 15.2 Å². The van der Waals surface area contributed by atoms with Gasteiger partial charge in [-0.15, -0.1) is 10.2 Å². The highest BCUT2D eigenvalue weighted by Gasteiger charge is 2.19. The van der Waals surface area contributed by atoms with Crippen LogP contribution in [0, 0.1) is 5.82 Å². The Morgan fingerprint density at radius 3 is 2.62 bits per heavy atom. The Kier molecular flexibility index (Phi) is 5.85. The van der Waals surface area contributed by atoms with Crippen molar-refractivity contribution in [2.45, 2.75) is 16.5 Å². The standard InChI is InChI=1S/C18H16FN3O2S2/c1-11(16(23)12-7-9-13(24-2)10-8-12)25-18-22-21-17(26-18)20-15-6-4-3-5-14(15)19/h3-11H,1-2H3,(H,20,21)/t11-/m0/s1. The van der Waals surface area contributed by atoms with Crippen LogP contribution in [0.15, 0.2) is 52.9 Å². The van der Waals surface area contributed by atoms with Gasteiger partial charge in [0.05, 0.1) is 18.0 Å². The first-order chi connectivity index (χ1) is 12.6. The first-order valence-corrected chi connectivity index (χ1v) is 9.46. The quantitative estimate of drug-likeness (QED) is 0.463. The average Bonchev–Trinajstić information content (AvgIpc) is 3.10. The van der Waals surface area contributed by atoms with Gasteiger partial charge in [-0.3, -0.25) is 4.79 Å². The number of carbonyl (C=O) groups excluding carboxylic acids is 1. The number of aromatic nitrogens is 2. The van der Waals surface area contributed by atoms with E-state index in [9.17, 15) is 9.18 Å². The number of hydrogen-bond acceptors (Lipinski definition) is 7. The van der Waals surface area contributed by atoms with Crippen LogP contribution < -0.4 is 10.1 Å². The highest BCUT2D eigenvalue weighted by Crippen LogP contribution is 2.32. The van der Waals surface area contributed by atoms with Crippen molar-refractivity contribution < 1.29 is 13.9 Å². The number of ketones is 1. The number of methoxy groups -OCH3 is 1. The van der Waals surface area contributed by atoms with Crippen molar-refractivity contribution >= 4 is 39.7 Å². The lowest BCUT2D eigenvalue weighted by atomic mass is 10.1. The number of nitrogens with zero attached hydrogens (tertiary/aromatic N) is 2. The molecule has 134 valence electrons. The number of Topliss-reactive ketones (excluding diaryl/α,β-unsaturated/α-hetero) is 1. The van der Waals surface area contributed by atoms with Crippen LogP contribution >= 0.6 is 23.1 Å². The molecule has 8 heteroatoms. The largest absolute Gasteiger partial charge is 0.497 e. The second-order valence-electron chi connectivity index (χ2n) is 5.33. The zero-order chi connectivity index (χ0) is 18.5. The van der Waals surface area contributed by atoms with Gasteiger partial charge in [0.25, 0.3) is 0 Å². The number of ether oxygens (including phenoxy) is 1. The summed E-state index contributed by atoms with van der Waals surface area (Å²) in [6.45, 7) is 1.82. The maximum absolute atomic E-state index is 13.7. The predicted octanol–water partition coefficient (Wildman–Crippen LogP) is 4.79. The number of halogens is 1. The molecule has 0 saturated heterocycles. The van der Waals surface area contributed by atoms with Gasteiger partial charge in [0.1, 0.15) is 11.6 Å². The van der Waals surface area contributed by atoms with E-state index in [1.165, 1.54) is 29.2 Å². The van der Waals surface area contributed by atoms with Gasteiger partial charge in [-0.2, -0.15) is 0 Å². The molecule has 0 aliphatic rings. The van der Waals surface area contributed by atoms with Gasteiger partial charge >= 0.3 is 0 Å². The molecular formula is C18H16FN3O2S2. The summed E-state index contributed by atoms with van der Waals surface area (Å²) in [7, 11) is 1.58. The number of nitrogens with one attached hydrogen (secondary N) is 1. The molecule has 0 aliphatic heterocycles. The van der Waals surface area contributed by atoms with E-state index in [4.69, 9.17) is 4.74 Å². The third kappa shape index (κ3) is 4.39. The van der Waals surface area contributed by atoms with Gasteiger partial charge in [0, 0.05) is 5.56 Å². The molecule has 1 N–H and O–H groups in total. The normalized spacial score (nSPS) is 11.8. The molecule has 1 atom stereocenters. The molecule has 3 aromatic rings. The van der Waals surface area contributed by atoms with E-state index in [1.54, 1.807) is 49.6 Å². The highest BCUT2D eigenvalue weighted by molar-refractivity contribution is 8.02. The summed E-state index contributed by atoms with van der Waals surface area (Å²) in [6.07, 6.45) is 0. The SMILES string of the molecule is COc1ccc(C(=O)[C@H](C)Sc2nnc(Nc3ccccc3F)s2)cc1. The van der Waals surface area contributed by atoms with Crippen LogP contribution in [-0.4, -0.2) is 28.3 Å². The topological polar surface area (TPSA) is 64.1 Å². The second kappa shape index (κ2) is 8.29. The Balaban J connectivity index is 1.64. The Hall–Kier alpha value is -2.45. The predicted molar refractivity (Wildman–Crippen MR) is 102 cm³/mol. The van der Waals surface area contributed by atoms with Gasteiger partial charge in [-0.05, 0) is 43.3 Å². The molecule has 3 rings (SSSR count). The van der Waals surface area contributed by atoms with Crippen LogP contribution in [0.25, 0.3) is 0 Å². The van der Waals surface area contributed by atoms with E-state index >= 15 is 0 Å². The van der Waals surface area contributed by atoms with Gasteiger partial charge in [-0.25, -0.2) is 4.39 Å². The number of carbonyl (C=O) groups is 1. The fraction of sp³-hybridized carbons (Fsp3) is 0.167. The lowest BCUT2D eigenvalue weighted by Crippen LogP contribution is -2.13. The lowest BCUT2D eigenvalue weighted by molar-refractivity contribution is 0.0994. The van der Waals surface area contributed by atoms with Crippen molar-refractivity contribution in [3.8, 4) is 5.75 Å². The number of rotatable bonds is 7. The lowest BCUT2D eigenvalue weighted by Gasteiger charge is -2.08. The van der Waals surface area contributed by atoms with Gasteiger partial charge in [0.15, 0.2) is 10.1 Å². The highest BCUT2D eigenvalue weighted by atomic mass is 32.2. The van der Waals surface area contributed by atoms with Crippen molar-refractivity contribution in [1.82, 2.24) is 10.2 Å². The van der Waals surface area contributed by atoms with Crippen molar-refractivity contribution in [3.63, 3.8) is 0 Å². The van der Waals surface area contributed by atoms with E-state index in [0.29, 0.717) is 26.5 Å². The minimum absolute atomic E-state index is 0.00327. The molecule has 1 aromatic heterocycles. The van der Waals surface area contributed by atoms with Gasteiger partial charge < -0.3 is 10.1 Å². The van der Waals surface area contributed by atoms with Crippen LogP contribution in [0.5, 0.6) is 5.75 Å². The number of thioether (sulfide) groups is 1. The van der Waals surface area contributed by atoms with E-state index in [2.05, 4.69) is 15.5 Å². The first-order valence-electron chi connectivity index (χ1n) is 7.77. The number of para-hydroxylation sites is 1. The minimum Gasteiger partial charge on any atom is -0.497 e. The zero-order valence-electron chi connectivity index (χ0n) is 14.1. The number of hydrogen-bond donors (Lipinski definition) is 1. The molecule has 0 radical (unpaired) electrons. The molecule has 5 nitrogen and oxygen atoms in total. The maximum atomic E-state index is 13.7. The van der Waals surface area contributed by atoms with E-state index in [0.717, 1.165) is 0 Å². The van der Waals surface area contributed by atoms with Crippen molar-refractivity contribution in [2.75, 3.05) is 12.4 Å². The van der Waals surface area contributed by atoms with Crippen LogP contribution in [-0.2, 0) is 0 Å². The Morgan fingerprint density at radius 1 is 1.19 bits per heavy atom. The number of anilines is 2. The molecule has 0 bridgehead atoms. The van der Waals surface area contributed by atoms with Crippen LogP contribution in [0.2, 0.25) is 0 Å². The molecule has 0 amide bonds. The third-order valence-corrected chi connectivity index (χ3v) is 5.57. The zero-order valence-corrected chi connectivity index (χ0v) is 15.7.